The summed E-state index contributed by atoms with van der Waals surface area (Å²) in [6, 6.07) is 3.91. The molecule has 0 radical (unpaired) electrons. The van der Waals surface area contributed by atoms with E-state index in [0.29, 0.717) is 6.54 Å². The maximum Gasteiger partial charge on any atom is 0.205 e. The Morgan fingerprint density at radius 2 is 2.25 bits per heavy atom. The molecule has 2 N–H and O–H groups in total. The minimum absolute atomic E-state index is 0.652. The van der Waals surface area contributed by atoms with Crippen molar-refractivity contribution in [1.29, 1.82) is 0 Å². The largest absolute Gasteiger partial charge is 0.356 e. The molecule has 0 spiro atoms. The summed E-state index contributed by atoms with van der Waals surface area (Å²) < 4.78 is 0. The van der Waals surface area contributed by atoms with Crippen molar-refractivity contribution < 1.29 is 0 Å². The van der Waals surface area contributed by atoms with Gasteiger partial charge in [0.2, 0.25) is 5.13 Å². The van der Waals surface area contributed by atoms with Gasteiger partial charge in [0.05, 0.1) is 11.9 Å². The van der Waals surface area contributed by atoms with E-state index in [1.807, 2.05) is 24.5 Å². The predicted molar refractivity (Wildman–Crippen MR) is 78.4 cm³/mol. The first kappa shape index (κ1) is 12.7. The molecule has 0 saturated carbocycles. The van der Waals surface area contributed by atoms with Crippen molar-refractivity contribution in [3.05, 3.63) is 41.3 Å². The van der Waals surface area contributed by atoms with E-state index in [1.165, 1.54) is 0 Å². The second-order valence-corrected chi connectivity index (χ2v) is 5.28. The van der Waals surface area contributed by atoms with Crippen molar-refractivity contribution in [3.8, 4) is 11.3 Å². The van der Waals surface area contributed by atoms with Crippen molar-refractivity contribution in [1.82, 2.24) is 25.4 Å². The second kappa shape index (κ2) is 5.79. The average molecular weight is 286 g/mol. The van der Waals surface area contributed by atoms with Crippen LogP contribution in [0.25, 0.3) is 11.3 Å². The van der Waals surface area contributed by atoms with Gasteiger partial charge in [-0.25, -0.2) is 0 Å². The second-order valence-electron chi connectivity index (χ2n) is 4.22. The lowest BCUT2D eigenvalue weighted by molar-refractivity contribution is 0.975. The molecule has 3 aromatic rings. The number of nitrogens with one attached hydrogen (secondary N) is 2. The van der Waals surface area contributed by atoms with Crippen molar-refractivity contribution in [3.63, 3.8) is 0 Å². The highest BCUT2D eigenvalue weighted by atomic mass is 32.1. The molecule has 3 aromatic heterocycles. The molecule has 0 fully saturated rings. The highest BCUT2D eigenvalue weighted by Gasteiger charge is 2.09. The van der Waals surface area contributed by atoms with Gasteiger partial charge in [-0.1, -0.05) is 18.3 Å². The molecule has 0 atom stereocenters. The third-order valence-corrected chi connectivity index (χ3v) is 3.89. The van der Waals surface area contributed by atoms with Crippen LogP contribution in [0.3, 0.4) is 0 Å². The molecule has 3 heterocycles. The Morgan fingerprint density at radius 1 is 1.30 bits per heavy atom. The molecule has 0 aliphatic carbocycles. The first-order valence-corrected chi connectivity index (χ1v) is 7.17. The zero-order valence-electron chi connectivity index (χ0n) is 11.0. The normalized spacial score (nSPS) is 10.7. The summed E-state index contributed by atoms with van der Waals surface area (Å²) in [6.45, 7) is 2.72. The van der Waals surface area contributed by atoms with Crippen molar-refractivity contribution in [2.24, 2.45) is 0 Å². The van der Waals surface area contributed by atoms with E-state index in [9.17, 15) is 0 Å². The van der Waals surface area contributed by atoms with E-state index < -0.39 is 0 Å². The summed E-state index contributed by atoms with van der Waals surface area (Å²) in [5.74, 6) is 0. The standard InChI is InChI=1S/C13H14N6S/c1-2-11-17-19-13(20-11)15-7-10-8-16-18-12(10)9-4-3-5-14-6-9/h3-6,8H,2,7H2,1H3,(H,15,19)(H,16,18). The monoisotopic (exact) mass is 286 g/mol. The highest BCUT2D eigenvalue weighted by Crippen LogP contribution is 2.22. The third kappa shape index (κ3) is 2.67. The zero-order valence-corrected chi connectivity index (χ0v) is 11.8. The van der Waals surface area contributed by atoms with Crippen LogP contribution in [0, 0.1) is 0 Å². The number of hydrogen-bond acceptors (Lipinski definition) is 6. The third-order valence-electron chi connectivity index (χ3n) is 2.87. The maximum absolute atomic E-state index is 4.13. The molecule has 6 nitrogen and oxygen atoms in total. The Hall–Kier alpha value is -2.28. The molecule has 102 valence electrons. The molecule has 0 aliphatic rings. The number of aryl methyl sites for hydroxylation is 1. The van der Waals surface area contributed by atoms with Gasteiger partial charge in [0.25, 0.3) is 0 Å². The highest BCUT2D eigenvalue weighted by molar-refractivity contribution is 7.15. The SMILES string of the molecule is CCc1nnc(NCc2cn[nH]c2-c2cccnc2)s1. The summed E-state index contributed by atoms with van der Waals surface area (Å²) >= 11 is 1.58. The predicted octanol–water partition coefficient (Wildman–Crippen LogP) is 2.50. The number of rotatable bonds is 5. The zero-order chi connectivity index (χ0) is 13.8. The topological polar surface area (TPSA) is 79.4 Å². The van der Waals surface area contributed by atoms with Crippen LogP contribution in [0.4, 0.5) is 5.13 Å². The minimum Gasteiger partial charge on any atom is -0.356 e. The summed E-state index contributed by atoms with van der Waals surface area (Å²) in [5.41, 5.74) is 3.07. The summed E-state index contributed by atoms with van der Waals surface area (Å²) in [6.07, 6.45) is 6.30. The van der Waals surface area contributed by atoms with Crippen LogP contribution < -0.4 is 5.32 Å². The van der Waals surface area contributed by atoms with Crippen LogP contribution in [-0.2, 0) is 13.0 Å². The van der Waals surface area contributed by atoms with Gasteiger partial charge in [-0.3, -0.25) is 10.1 Å². The van der Waals surface area contributed by atoms with Crippen LogP contribution in [0.2, 0.25) is 0 Å². The Morgan fingerprint density at radius 3 is 3.00 bits per heavy atom. The molecule has 20 heavy (non-hydrogen) atoms. The van der Waals surface area contributed by atoms with Gasteiger partial charge >= 0.3 is 0 Å². The molecular formula is C13H14N6S. The molecule has 0 aromatic carbocycles. The van der Waals surface area contributed by atoms with Gasteiger partial charge in [-0.05, 0) is 18.6 Å². The summed E-state index contributed by atoms with van der Waals surface area (Å²) in [5, 5.41) is 20.5. The Labute approximate surface area is 120 Å². The van der Waals surface area contributed by atoms with Gasteiger partial charge < -0.3 is 5.32 Å². The fourth-order valence-electron chi connectivity index (χ4n) is 1.84. The van der Waals surface area contributed by atoms with Crippen LogP contribution in [0.5, 0.6) is 0 Å². The van der Waals surface area contributed by atoms with Crippen molar-refractivity contribution >= 4 is 16.5 Å². The van der Waals surface area contributed by atoms with Gasteiger partial charge in [-0.2, -0.15) is 5.10 Å². The lowest BCUT2D eigenvalue weighted by atomic mass is 10.1. The van der Waals surface area contributed by atoms with Crippen molar-refractivity contribution in [2.75, 3.05) is 5.32 Å². The van der Waals surface area contributed by atoms with Crippen LogP contribution in [-0.4, -0.2) is 25.4 Å². The molecule has 0 bridgehead atoms. The molecule has 0 unspecified atom stereocenters. The van der Waals surface area contributed by atoms with Crippen LogP contribution in [0.15, 0.2) is 30.7 Å². The first-order chi connectivity index (χ1) is 9.86. The number of pyridine rings is 1. The number of aromatic amines is 1. The van der Waals surface area contributed by atoms with E-state index in [4.69, 9.17) is 0 Å². The van der Waals surface area contributed by atoms with Gasteiger partial charge in [0, 0.05) is 30.1 Å². The number of aromatic nitrogens is 5. The average Bonchev–Trinajstić information content (AvgIpc) is 3.15. The van der Waals surface area contributed by atoms with E-state index in [-0.39, 0.29) is 0 Å². The van der Waals surface area contributed by atoms with E-state index in [0.717, 1.165) is 33.4 Å². The van der Waals surface area contributed by atoms with E-state index in [1.54, 1.807) is 17.5 Å². The lowest BCUT2D eigenvalue weighted by Crippen LogP contribution is -1.99. The lowest BCUT2D eigenvalue weighted by Gasteiger charge is -2.03. The minimum atomic E-state index is 0.652. The van der Waals surface area contributed by atoms with Gasteiger partial charge in [0.15, 0.2) is 0 Å². The fourth-order valence-corrected chi connectivity index (χ4v) is 2.52. The Kier molecular flexibility index (Phi) is 3.69. The maximum atomic E-state index is 4.13. The number of nitrogens with zero attached hydrogens (tertiary/aromatic N) is 4. The number of hydrogen-bond donors (Lipinski definition) is 2. The van der Waals surface area contributed by atoms with Gasteiger partial charge in [0.1, 0.15) is 5.01 Å². The summed E-state index contributed by atoms with van der Waals surface area (Å²) in [4.78, 5) is 4.13. The Bertz CT molecular complexity index is 675. The van der Waals surface area contributed by atoms with Crippen LogP contribution >= 0.6 is 11.3 Å². The van der Waals surface area contributed by atoms with Crippen molar-refractivity contribution in [2.45, 2.75) is 19.9 Å². The molecule has 3 rings (SSSR count). The smallest absolute Gasteiger partial charge is 0.205 e. The fraction of sp³-hybridized carbons (Fsp3) is 0.231. The molecule has 0 aliphatic heterocycles. The Balaban J connectivity index is 1.74. The molecule has 0 saturated heterocycles. The number of anilines is 1. The molecule has 7 heteroatoms. The number of H-pyrrole nitrogens is 1. The van der Waals surface area contributed by atoms with Crippen LogP contribution in [0.1, 0.15) is 17.5 Å². The molecular weight excluding hydrogens is 272 g/mol. The first-order valence-electron chi connectivity index (χ1n) is 6.35. The van der Waals surface area contributed by atoms with Gasteiger partial charge in [-0.15, -0.1) is 10.2 Å². The quantitative estimate of drug-likeness (QED) is 0.753. The van der Waals surface area contributed by atoms with E-state index >= 15 is 0 Å². The molecule has 0 amide bonds. The summed E-state index contributed by atoms with van der Waals surface area (Å²) in [7, 11) is 0. The van der Waals surface area contributed by atoms with E-state index in [2.05, 4.69) is 37.6 Å².